The van der Waals surface area contributed by atoms with Gasteiger partial charge in [-0.2, -0.15) is 5.26 Å². The summed E-state index contributed by atoms with van der Waals surface area (Å²) in [5.74, 6) is -0.369. The Balaban J connectivity index is 3.02. The molecule has 1 rings (SSSR count). The van der Waals surface area contributed by atoms with E-state index in [1.165, 1.54) is 6.07 Å². The van der Waals surface area contributed by atoms with E-state index in [4.69, 9.17) is 22.6 Å². The molecule has 5 heteroatoms. The summed E-state index contributed by atoms with van der Waals surface area (Å²) < 4.78 is 0. The number of nitrogens with zero attached hydrogens (tertiary/aromatic N) is 1. The van der Waals surface area contributed by atoms with Gasteiger partial charge >= 0.3 is 0 Å². The number of nitriles is 1. The van der Waals surface area contributed by atoms with Gasteiger partial charge in [0.1, 0.15) is 6.07 Å². The van der Waals surface area contributed by atoms with Gasteiger partial charge in [0.25, 0.3) is 0 Å². The van der Waals surface area contributed by atoms with Crippen LogP contribution >= 0.6 is 11.6 Å². The van der Waals surface area contributed by atoms with E-state index in [2.05, 4.69) is 5.32 Å². The number of hydrogen-bond donors (Lipinski definition) is 2. The molecule has 0 bridgehead atoms. The lowest BCUT2D eigenvalue weighted by atomic mass is 10.1. The van der Waals surface area contributed by atoms with Gasteiger partial charge in [0.05, 0.1) is 16.8 Å². The number of carbonyl (C=O) groups is 1. The van der Waals surface area contributed by atoms with Gasteiger partial charge in [-0.05, 0) is 32.0 Å². The van der Waals surface area contributed by atoms with Gasteiger partial charge in [-0.25, -0.2) is 0 Å². The Morgan fingerprint density at radius 2 is 2.19 bits per heavy atom. The Kier molecular flexibility index (Phi) is 3.53. The highest BCUT2D eigenvalue weighted by molar-refractivity contribution is 6.31. The first-order valence-corrected chi connectivity index (χ1v) is 5.02. The summed E-state index contributed by atoms with van der Waals surface area (Å²) in [5.41, 5.74) is 5.35. The summed E-state index contributed by atoms with van der Waals surface area (Å²) in [6.45, 7) is 3.16. The molecule has 16 heavy (non-hydrogen) atoms. The van der Waals surface area contributed by atoms with Crippen molar-refractivity contribution in [3.8, 4) is 6.07 Å². The van der Waals surface area contributed by atoms with Crippen LogP contribution in [0.1, 0.15) is 19.4 Å². The first kappa shape index (κ1) is 12.5. The van der Waals surface area contributed by atoms with Gasteiger partial charge in [0.2, 0.25) is 5.91 Å². The molecule has 1 amide bonds. The predicted octanol–water partition coefficient (Wildman–Crippen LogP) is 1.89. The van der Waals surface area contributed by atoms with Crippen molar-refractivity contribution in [3.05, 3.63) is 28.8 Å². The third-order valence-electron chi connectivity index (χ3n) is 1.94. The molecule has 0 saturated heterocycles. The molecule has 0 aromatic heterocycles. The molecule has 0 atom stereocenters. The highest BCUT2D eigenvalue weighted by atomic mass is 35.5. The first-order chi connectivity index (χ1) is 7.34. The van der Waals surface area contributed by atoms with Crippen molar-refractivity contribution in [1.82, 2.24) is 0 Å². The summed E-state index contributed by atoms with van der Waals surface area (Å²) in [6, 6.07) is 6.61. The molecule has 0 unspecified atom stereocenters. The number of nitrogens with one attached hydrogen (secondary N) is 1. The van der Waals surface area contributed by atoms with Gasteiger partial charge in [0, 0.05) is 5.02 Å². The number of carbonyl (C=O) groups excluding carboxylic acids is 1. The van der Waals surface area contributed by atoms with Gasteiger partial charge in [-0.3, -0.25) is 4.79 Å². The lowest BCUT2D eigenvalue weighted by Gasteiger charge is -2.18. The van der Waals surface area contributed by atoms with Crippen molar-refractivity contribution in [2.24, 2.45) is 5.73 Å². The zero-order valence-electron chi connectivity index (χ0n) is 9.04. The van der Waals surface area contributed by atoms with Crippen LogP contribution in [0.4, 0.5) is 5.69 Å². The van der Waals surface area contributed by atoms with E-state index in [1.54, 1.807) is 26.0 Å². The topological polar surface area (TPSA) is 78.9 Å². The average molecular weight is 238 g/mol. The molecule has 84 valence electrons. The Labute approximate surface area is 99.0 Å². The van der Waals surface area contributed by atoms with E-state index < -0.39 is 5.54 Å². The maximum absolute atomic E-state index is 11.6. The molecular formula is C11H12ClN3O. The average Bonchev–Trinajstić information content (AvgIpc) is 2.16. The first-order valence-electron chi connectivity index (χ1n) is 4.64. The molecule has 0 aliphatic rings. The quantitative estimate of drug-likeness (QED) is 0.824. The minimum atomic E-state index is -1.00. The minimum absolute atomic E-state index is 0.349. The lowest BCUT2D eigenvalue weighted by molar-refractivity contribution is -0.120. The zero-order valence-corrected chi connectivity index (χ0v) is 9.80. The van der Waals surface area contributed by atoms with Crippen LogP contribution in [0.3, 0.4) is 0 Å². The Hall–Kier alpha value is -1.57. The number of benzene rings is 1. The van der Waals surface area contributed by atoms with Gasteiger partial charge in [0.15, 0.2) is 0 Å². The number of anilines is 1. The summed E-state index contributed by atoms with van der Waals surface area (Å²) in [7, 11) is 0. The highest BCUT2D eigenvalue weighted by Gasteiger charge is 2.22. The molecule has 0 spiro atoms. The van der Waals surface area contributed by atoms with Crippen LogP contribution in [-0.2, 0) is 4.79 Å². The van der Waals surface area contributed by atoms with Crippen molar-refractivity contribution in [2.45, 2.75) is 19.4 Å². The second kappa shape index (κ2) is 4.52. The van der Waals surface area contributed by atoms with E-state index in [9.17, 15) is 4.79 Å². The van der Waals surface area contributed by atoms with Gasteiger partial charge in [-0.15, -0.1) is 0 Å². The largest absolute Gasteiger partial charge is 0.323 e. The van der Waals surface area contributed by atoms with Crippen molar-refractivity contribution < 1.29 is 4.79 Å². The maximum Gasteiger partial charge on any atom is 0.243 e. The Bertz CT molecular complexity index is 457. The summed E-state index contributed by atoms with van der Waals surface area (Å²) in [4.78, 5) is 11.6. The van der Waals surface area contributed by atoms with Crippen molar-refractivity contribution >= 4 is 23.2 Å². The molecule has 3 N–H and O–H groups in total. The number of amides is 1. The smallest absolute Gasteiger partial charge is 0.243 e. The summed E-state index contributed by atoms with van der Waals surface area (Å²) >= 11 is 5.78. The normalized spacial score (nSPS) is 10.7. The van der Waals surface area contributed by atoms with E-state index in [0.29, 0.717) is 16.3 Å². The highest BCUT2D eigenvalue weighted by Crippen LogP contribution is 2.21. The fraction of sp³-hybridized carbons (Fsp3) is 0.273. The summed E-state index contributed by atoms with van der Waals surface area (Å²) in [5, 5.41) is 11.9. The Morgan fingerprint density at radius 1 is 1.56 bits per heavy atom. The van der Waals surface area contributed by atoms with Crippen LogP contribution < -0.4 is 11.1 Å². The molecule has 0 radical (unpaired) electrons. The third-order valence-corrected chi connectivity index (χ3v) is 2.17. The molecule has 0 fully saturated rings. The number of halogens is 1. The van der Waals surface area contributed by atoms with Crippen LogP contribution in [0.25, 0.3) is 0 Å². The van der Waals surface area contributed by atoms with Crippen molar-refractivity contribution in [1.29, 1.82) is 5.26 Å². The predicted molar refractivity (Wildman–Crippen MR) is 63.1 cm³/mol. The summed E-state index contributed by atoms with van der Waals surface area (Å²) in [6.07, 6.45) is 0. The maximum atomic E-state index is 11.6. The number of nitrogens with two attached hydrogens (primary N) is 1. The van der Waals surface area contributed by atoms with Gasteiger partial charge < -0.3 is 11.1 Å². The molecule has 1 aromatic carbocycles. The molecule has 0 saturated carbocycles. The molecule has 4 nitrogen and oxygen atoms in total. The van der Waals surface area contributed by atoms with Crippen LogP contribution in [0.15, 0.2) is 18.2 Å². The van der Waals surface area contributed by atoms with Gasteiger partial charge in [-0.1, -0.05) is 11.6 Å². The molecular weight excluding hydrogens is 226 g/mol. The van der Waals surface area contributed by atoms with Crippen LogP contribution in [0.5, 0.6) is 0 Å². The van der Waals surface area contributed by atoms with Crippen LogP contribution in [-0.4, -0.2) is 11.4 Å². The molecule has 0 heterocycles. The standard InChI is InChI=1S/C11H12ClN3O/c1-11(2,14)10(16)15-9-5-8(12)4-3-7(9)6-13/h3-5H,14H2,1-2H3,(H,15,16). The molecule has 0 aliphatic heterocycles. The molecule has 1 aromatic rings. The van der Waals surface area contributed by atoms with E-state index >= 15 is 0 Å². The number of hydrogen-bond acceptors (Lipinski definition) is 3. The van der Waals surface area contributed by atoms with Crippen LogP contribution in [0, 0.1) is 11.3 Å². The second-order valence-corrected chi connectivity index (χ2v) is 4.41. The van der Waals surface area contributed by atoms with Crippen molar-refractivity contribution in [2.75, 3.05) is 5.32 Å². The van der Waals surface area contributed by atoms with E-state index in [1.807, 2.05) is 6.07 Å². The SMILES string of the molecule is CC(C)(N)C(=O)Nc1cc(Cl)ccc1C#N. The fourth-order valence-corrected chi connectivity index (χ4v) is 1.17. The third kappa shape index (κ3) is 2.96. The van der Waals surface area contributed by atoms with Crippen molar-refractivity contribution in [3.63, 3.8) is 0 Å². The monoisotopic (exact) mass is 237 g/mol. The minimum Gasteiger partial charge on any atom is -0.323 e. The van der Waals surface area contributed by atoms with E-state index in [0.717, 1.165) is 0 Å². The lowest BCUT2D eigenvalue weighted by Crippen LogP contribution is -2.45. The van der Waals surface area contributed by atoms with Crippen LogP contribution in [0.2, 0.25) is 5.02 Å². The molecule has 0 aliphatic carbocycles. The Morgan fingerprint density at radius 3 is 2.69 bits per heavy atom. The van der Waals surface area contributed by atoms with E-state index in [-0.39, 0.29) is 5.91 Å². The number of rotatable bonds is 2. The second-order valence-electron chi connectivity index (χ2n) is 3.98. The fourth-order valence-electron chi connectivity index (χ4n) is 1.00. The zero-order chi connectivity index (χ0) is 12.3.